The Kier molecular flexibility index (Phi) is 3.65. The summed E-state index contributed by atoms with van der Waals surface area (Å²) in [6.07, 6.45) is 0.183. The van der Waals surface area contributed by atoms with Gasteiger partial charge in [-0.1, -0.05) is 12.1 Å². The molecule has 0 aliphatic carbocycles. The van der Waals surface area contributed by atoms with Crippen LogP contribution in [0.25, 0.3) is 11.0 Å². The Morgan fingerprint density at radius 3 is 2.74 bits per heavy atom. The third kappa shape index (κ3) is 2.83. The summed E-state index contributed by atoms with van der Waals surface area (Å²) in [7, 11) is 0. The van der Waals surface area contributed by atoms with Crippen molar-refractivity contribution in [1.29, 1.82) is 0 Å². The molecule has 3 rings (SSSR count). The zero-order valence-corrected chi connectivity index (χ0v) is 12.2. The lowest BCUT2D eigenvalue weighted by Crippen LogP contribution is -2.11. The number of nitro benzene ring substituents is 1. The van der Waals surface area contributed by atoms with Gasteiger partial charge in [0.1, 0.15) is 11.4 Å². The Balaban J connectivity index is 2.11. The first kappa shape index (κ1) is 14.9. The van der Waals surface area contributed by atoms with Crippen molar-refractivity contribution < 1.29 is 13.7 Å². The minimum Gasteiger partial charge on any atom is -0.422 e. The van der Waals surface area contributed by atoms with E-state index >= 15 is 0 Å². The SMILES string of the molecule is Cc1c(Cc2cccc([N+](=O)[O-])c2)c(=O)oc2ccc(F)cc12. The number of benzene rings is 2. The van der Waals surface area contributed by atoms with Crippen molar-refractivity contribution in [2.45, 2.75) is 13.3 Å². The van der Waals surface area contributed by atoms with Crippen molar-refractivity contribution in [2.75, 3.05) is 0 Å². The Morgan fingerprint density at radius 1 is 1.22 bits per heavy atom. The highest BCUT2D eigenvalue weighted by molar-refractivity contribution is 5.81. The summed E-state index contributed by atoms with van der Waals surface area (Å²) in [4.78, 5) is 22.5. The molecule has 2 aromatic carbocycles. The van der Waals surface area contributed by atoms with Crippen LogP contribution >= 0.6 is 0 Å². The fourth-order valence-electron chi connectivity index (χ4n) is 2.55. The Bertz CT molecular complexity index is 978. The minimum atomic E-state index is -0.520. The monoisotopic (exact) mass is 313 g/mol. The maximum Gasteiger partial charge on any atom is 0.340 e. The van der Waals surface area contributed by atoms with Crippen LogP contribution in [0.15, 0.2) is 51.7 Å². The molecule has 0 bridgehead atoms. The first-order chi connectivity index (χ1) is 11.0. The number of nitro groups is 1. The number of rotatable bonds is 3. The average Bonchev–Trinajstić information content (AvgIpc) is 2.52. The molecule has 5 nitrogen and oxygen atoms in total. The van der Waals surface area contributed by atoms with Crippen LogP contribution in [-0.2, 0) is 6.42 Å². The molecule has 0 radical (unpaired) electrons. The molecule has 116 valence electrons. The molecule has 0 aliphatic heterocycles. The van der Waals surface area contributed by atoms with Crippen LogP contribution in [0.4, 0.5) is 10.1 Å². The van der Waals surface area contributed by atoms with Gasteiger partial charge in [-0.15, -0.1) is 0 Å². The van der Waals surface area contributed by atoms with Gasteiger partial charge in [0.05, 0.1) is 4.92 Å². The first-order valence-electron chi connectivity index (χ1n) is 6.91. The largest absolute Gasteiger partial charge is 0.422 e. The number of non-ortho nitro benzene ring substituents is 1. The zero-order chi connectivity index (χ0) is 16.6. The van der Waals surface area contributed by atoms with E-state index in [9.17, 15) is 19.3 Å². The normalized spacial score (nSPS) is 10.9. The molecular formula is C17H12FNO4. The second-order valence-corrected chi connectivity index (χ2v) is 5.24. The second kappa shape index (κ2) is 5.64. The number of fused-ring (bicyclic) bond motifs is 1. The van der Waals surface area contributed by atoms with Crippen LogP contribution in [0.5, 0.6) is 0 Å². The summed E-state index contributed by atoms with van der Waals surface area (Å²) < 4.78 is 18.6. The summed E-state index contributed by atoms with van der Waals surface area (Å²) in [5.41, 5.74) is 1.34. The molecule has 1 aromatic heterocycles. The second-order valence-electron chi connectivity index (χ2n) is 5.24. The highest BCUT2D eigenvalue weighted by atomic mass is 19.1. The van der Waals surface area contributed by atoms with Gasteiger partial charge in [0, 0.05) is 29.5 Å². The van der Waals surface area contributed by atoms with Gasteiger partial charge < -0.3 is 4.42 Å². The fraction of sp³-hybridized carbons (Fsp3) is 0.118. The van der Waals surface area contributed by atoms with Gasteiger partial charge in [0.2, 0.25) is 0 Å². The molecule has 0 spiro atoms. The molecule has 0 saturated carbocycles. The van der Waals surface area contributed by atoms with E-state index in [1.165, 1.54) is 30.3 Å². The van der Waals surface area contributed by atoms with E-state index in [1.807, 2.05) is 0 Å². The summed E-state index contributed by atoms with van der Waals surface area (Å²) in [5.74, 6) is -0.421. The Morgan fingerprint density at radius 2 is 2.00 bits per heavy atom. The molecule has 1 heterocycles. The lowest BCUT2D eigenvalue weighted by Gasteiger charge is -2.08. The smallest absolute Gasteiger partial charge is 0.340 e. The molecule has 23 heavy (non-hydrogen) atoms. The molecule has 6 heteroatoms. The molecule has 0 atom stereocenters. The van der Waals surface area contributed by atoms with Crippen molar-refractivity contribution in [1.82, 2.24) is 0 Å². The summed E-state index contributed by atoms with van der Waals surface area (Å²) in [6.45, 7) is 1.71. The maximum atomic E-state index is 13.4. The third-order valence-corrected chi connectivity index (χ3v) is 3.75. The quantitative estimate of drug-likeness (QED) is 0.419. The van der Waals surface area contributed by atoms with Crippen molar-refractivity contribution in [3.63, 3.8) is 0 Å². The highest BCUT2D eigenvalue weighted by Gasteiger charge is 2.14. The fourth-order valence-corrected chi connectivity index (χ4v) is 2.55. The van der Waals surface area contributed by atoms with Crippen molar-refractivity contribution >= 4 is 16.7 Å². The number of aryl methyl sites for hydroxylation is 1. The van der Waals surface area contributed by atoms with Crippen molar-refractivity contribution in [2.24, 2.45) is 0 Å². The molecule has 0 amide bonds. The topological polar surface area (TPSA) is 73.3 Å². The number of nitrogens with zero attached hydrogens (tertiary/aromatic N) is 1. The number of hydrogen-bond donors (Lipinski definition) is 0. The predicted octanol–water partition coefficient (Wildman–Crippen LogP) is 3.74. The van der Waals surface area contributed by atoms with Crippen LogP contribution in [0.2, 0.25) is 0 Å². The molecule has 3 aromatic rings. The molecule has 0 fully saturated rings. The van der Waals surface area contributed by atoms with E-state index in [1.54, 1.807) is 19.1 Å². The van der Waals surface area contributed by atoms with Crippen molar-refractivity contribution in [3.05, 3.63) is 85.5 Å². The number of halogens is 1. The lowest BCUT2D eigenvalue weighted by atomic mass is 9.99. The number of hydrogen-bond acceptors (Lipinski definition) is 4. The van der Waals surface area contributed by atoms with Gasteiger partial charge in [0.15, 0.2) is 0 Å². The standard InChI is InChI=1S/C17H12FNO4/c1-10-14-9-12(18)5-6-16(14)23-17(20)15(10)8-11-3-2-4-13(7-11)19(21)22/h2-7,9H,8H2,1H3. The predicted molar refractivity (Wildman–Crippen MR) is 83.1 cm³/mol. The lowest BCUT2D eigenvalue weighted by molar-refractivity contribution is -0.384. The molecule has 0 aliphatic rings. The van der Waals surface area contributed by atoms with Gasteiger partial charge in [-0.3, -0.25) is 10.1 Å². The summed E-state index contributed by atoms with van der Waals surface area (Å²) >= 11 is 0. The molecular weight excluding hydrogens is 301 g/mol. The van der Waals surface area contributed by atoms with E-state index < -0.39 is 16.4 Å². The van der Waals surface area contributed by atoms with Gasteiger partial charge in [-0.2, -0.15) is 0 Å². The summed E-state index contributed by atoms with van der Waals surface area (Å²) in [5, 5.41) is 11.4. The summed E-state index contributed by atoms with van der Waals surface area (Å²) in [6, 6.07) is 10.0. The molecule has 0 saturated heterocycles. The van der Waals surface area contributed by atoms with Crippen LogP contribution < -0.4 is 5.63 Å². The Hall–Kier alpha value is -3.02. The van der Waals surface area contributed by atoms with E-state index in [-0.39, 0.29) is 12.1 Å². The van der Waals surface area contributed by atoms with Gasteiger partial charge in [-0.05, 0) is 36.2 Å². The van der Waals surface area contributed by atoms with Crippen LogP contribution in [0.3, 0.4) is 0 Å². The minimum absolute atomic E-state index is 0.0450. The van der Waals surface area contributed by atoms with Gasteiger partial charge >= 0.3 is 5.63 Å². The third-order valence-electron chi connectivity index (χ3n) is 3.75. The van der Waals surface area contributed by atoms with Crippen LogP contribution in [0.1, 0.15) is 16.7 Å². The van der Waals surface area contributed by atoms with E-state index in [4.69, 9.17) is 4.42 Å². The van der Waals surface area contributed by atoms with Crippen LogP contribution in [0, 0.1) is 22.9 Å². The molecule has 0 N–H and O–H groups in total. The van der Waals surface area contributed by atoms with Crippen LogP contribution in [-0.4, -0.2) is 4.92 Å². The van der Waals surface area contributed by atoms with E-state index in [2.05, 4.69) is 0 Å². The van der Waals surface area contributed by atoms with Crippen molar-refractivity contribution in [3.8, 4) is 0 Å². The first-order valence-corrected chi connectivity index (χ1v) is 6.91. The van der Waals surface area contributed by atoms with Gasteiger partial charge in [-0.25, -0.2) is 9.18 Å². The molecule has 0 unspecified atom stereocenters. The average molecular weight is 313 g/mol. The van der Waals surface area contributed by atoms with E-state index in [0.717, 1.165) is 0 Å². The highest BCUT2D eigenvalue weighted by Crippen LogP contribution is 2.23. The zero-order valence-electron chi connectivity index (χ0n) is 12.2. The van der Waals surface area contributed by atoms with Gasteiger partial charge in [0.25, 0.3) is 5.69 Å². The maximum absolute atomic E-state index is 13.4. The Labute approximate surface area is 130 Å². The van der Waals surface area contributed by atoms with E-state index in [0.29, 0.717) is 27.7 Å².